The zero-order valence-corrected chi connectivity index (χ0v) is 17.8. The number of hydrogen-bond acceptors (Lipinski definition) is 6. The third-order valence-electron chi connectivity index (χ3n) is 4.44. The lowest BCUT2D eigenvalue weighted by Gasteiger charge is -2.10. The Morgan fingerprint density at radius 2 is 1.94 bits per heavy atom. The number of fused-ring (bicyclic) bond motifs is 1. The fourth-order valence-corrected chi connectivity index (χ4v) is 4.04. The van der Waals surface area contributed by atoms with Crippen molar-refractivity contribution in [2.24, 2.45) is 4.99 Å². The van der Waals surface area contributed by atoms with Crippen LogP contribution in [-0.2, 0) is 17.9 Å². The van der Waals surface area contributed by atoms with Gasteiger partial charge in [0.25, 0.3) is 0 Å². The Labute approximate surface area is 183 Å². The molecule has 0 bridgehead atoms. The predicted octanol–water partition coefficient (Wildman–Crippen LogP) is 2.27. The van der Waals surface area contributed by atoms with Gasteiger partial charge >= 0.3 is 17.3 Å². The number of aryl methyl sites for hydroxylation is 1. The van der Waals surface area contributed by atoms with Crippen molar-refractivity contribution in [3.63, 3.8) is 0 Å². The van der Waals surface area contributed by atoms with E-state index >= 15 is 0 Å². The van der Waals surface area contributed by atoms with Crippen molar-refractivity contribution in [3.8, 4) is 0 Å². The summed E-state index contributed by atoms with van der Waals surface area (Å²) < 4.78 is 2.76. The summed E-state index contributed by atoms with van der Waals surface area (Å²) in [7, 11) is 0. The van der Waals surface area contributed by atoms with Crippen LogP contribution in [0.25, 0.3) is 10.2 Å². The SMILES string of the molecule is Cc1nc2ccc(/N=c3\[nH]c(=O)n(CC(=O)O)c(=O)n3Cc3ccc(Cl)cc3)cc2s1. The average Bonchev–Trinajstić information content (AvgIpc) is 3.09. The molecule has 0 atom stereocenters. The van der Waals surface area contributed by atoms with Crippen molar-refractivity contribution < 1.29 is 9.90 Å². The monoisotopic (exact) mass is 457 g/mol. The molecule has 4 aromatic rings. The molecule has 0 aliphatic rings. The second kappa shape index (κ2) is 8.32. The Bertz CT molecular complexity index is 1480. The average molecular weight is 458 g/mol. The number of hydrogen-bond donors (Lipinski definition) is 2. The first-order chi connectivity index (χ1) is 14.8. The molecular weight excluding hydrogens is 442 g/mol. The molecule has 2 aromatic heterocycles. The molecule has 0 aliphatic carbocycles. The van der Waals surface area contributed by atoms with E-state index in [-0.39, 0.29) is 12.2 Å². The van der Waals surface area contributed by atoms with Gasteiger partial charge in [-0.15, -0.1) is 11.3 Å². The Morgan fingerprint density at radius 3 is 2.65 bits per heavy atom. The molecule has 0 saturated carbocycles. The maximum Gasteiger partial charge on any atom is 0.335 e. The molecule has 0 spiro atoms. The highest BCUT2D eigenvalue weighted by molar-refractivity contribution is 7.18. The molecule has 9 nitrogen and oxygen atoms in total. The standard InChI is InChI=1S/C20H16ClN5O4S/c1-11-22-15-7-6-14(8-16(15)31-11)23-18-24-19(29)26(10-17(27)28)20(30)25(18)9-12-2-4-13(21)5-3-12/h2-8H,9-10H2,1H3,(H,27,28)(H,23,24,29). The van der Waals surface area contributed by atoms with Crippen LogP contribution >= 0.6 is 22.9 Å². The molecule has 0 radical (unpaired) electrons. The lowest BCUT2D eigenvalue weighted by Crippen LogP contribution is -2.50. The number of aromatic amines is 1. The van der Waals surface area contributed by atoms with Gasteiger partial charge in [-0.05, 0) is 42.8 Å². The van der Waals surface area contributed by atoms with Crippen LogP contribution < -0.4 is 17.0 Å². The lowest BCUT2D eigenvalue weighted by atomic mass is 10.2. The van der Waals surface area contributed by atoms with Gasteiger partial charge in [-0.1, -0.05) is 23.7 Å². The van der Waals surface area contributed by atoms with E-state index in [4.69, 9.17) is 16.7 Å². The van der Waals surface area contributed by atoms with Gasteiger partial charge in [0.2, 0.25) is 5.62 Å². The van der Waals surface area contributed by atoms with E-state index in [1.807, 2.05) is 19.1 Å². The van der Waals surface area contributed by atoms with Gasteiger partial charge < -0.3 is 5.11 Å². The molecule has 158 valence electrons. The van der Waals surface area contributed by atoms with Crippen LogP contribution in [0.5, 0.6) is 0 Å². The zero-order valence-electron chi connectivity index (χ0n) is 16.2. The van der Waals surface area contributed by atoms with Crippen molar-refractivity contribution in [3.05, 3.63) is 84.6 Å². The number of nitrogens with one attached hydrogen (secondary N) is 1. The highest BCUT2D eigenvalue weighted by atomic mass is 35.5. The Morgan fingerprint density at radius 1 is 1.19 bits per heavy atom. The largest absolute Gasteiger partial charge is 0.480 e. The molecule has 11 heteroatoms. The molecule has 2 heterocycles. The van der Waals surface area contributed by atoms with E-state index in [0.29, 0.717) is 15.3 Å². The number of H-pyrrole nitrogens is 1. The first kappa shape index (κ1) is 20.8. The molecule has 31 heavy (non-hydrogen) atoms. The molecule has 0 fully saturated rings. The highest BCUT2D eigenvalue weighted by Crippen LogP contribution is 2.25. The summed E-state index contributed by atoms with van der Waals surface area (Å²) in [5.41, 5.74) is 0.452. The van der Waals surface area contributed by atoms with E-state index in [9.17, 15) is 14.4 Å². The molecule has 0 amide bonds. The summed E-state index contributed by atoms with van der Waals surface area (Å²) in [4.78, 5) is 47.9. The number of rotatable bonds is 5. The molecule has 0 unspecified atom stereocenters. The Hall–Kier alpha value is -3.50. The van der Waals surface area contributed by atoms with E-state index in [1.54, 1.807) is 30.3 Å². The van der Waals surface area contributed by atoms with E-state index in [0.717, 1.165) is 20.8 Å². The van der Waals surface area contributed by atoms with Crippen LogP contribution in [0.3, 0.4) is 0 Å². The van der Waals surface area contributed by atoms with Gasteiger partial charge in [-0.25, -0.2) is 24.1 Å². The summed E-state index contributed by atoms with van der Waals surface area (Å²) >= 11 is 7.44. The van der Waals surface area contributed by atoms with Gasteiger partial charge in [0.1, 0.15) is 6.54 Å². The molecule has 0 aliphatic heterocycles. The number of aromatic nitrogens is 4. The van der Waals surface area contributed by atoms with Crippen molar-refractivity contribution in [2.75, 3.05) is 0 Å². The van der Waals surface area contributed by atoms with Gasteiger partial charge in [-0.3, -0.25) is 14.3 Å². The predicted molar refractivity (Wildman–Crippen MR) is 117 cm³/mol. The van der Waals surface area contributed by atoms with Crippen molar-refractivity contribution >= 4 is 44.8 Å². The maximum absolute atomic E-state index is 13.0. The quantitative estimate of drug-likeness (QED) is 0.476. The van der Waals surface area contributed by atoms with Crippen LogP contribution in [-0.4, -0.2) is 30.2 Å². The number of benzene rings is 2. The summed E-state index contributed by atoms with van der Waals surface area (Å²) in [5, 5.41) is 10.5. The van der Waals surface area contributed by atoms with Gasteiger partial charge in [0.15, 0.2) is 0 Å². The number of halogens is 1. The molecule has 2 aromatic carbocycles. The van der Waals surface area contributed by atoms with Crippen LogP contribution in [0.4, 0.5) is 5.69 Å². The lowest BCUT2D eigenvalue weighted by molar-refractivity contribution is -0.137. The van der Waals surface area contributed by atoms with Gasteiger partial charge in [-0.2, -0.15) is 0 Å². The third kappa shape index (κ3) is 4.49. The maximum atomic E-state index is 13.0. The fraction of sp³-hybridized carbons (Fsp3) is 0.150. The number of carboxylic acids is 1. The molecular formula is C20H16ClN5O4S. The number of aliphatic carboxylic acids is 1. The second-order valence-corrected chi connectivity index (χ2v) is 8.40. The third-order valence-corrected chi connectivity index (χ3v) is 5.63. The Kier molecular flexibility index (Phi) is 5.57. The first-order valence-corrected chi connectivity index (χ1v) is 10.3. The summed E-state index contributed by atoms with van der Waals surface area (Å²) in [5.74, 6) is -1.30. The minimum Gasteiger partial charge on any atom is -0.480 e. The van der Waals surface area contributed by atoms with Crippen molar-refractivity contribution in [2.45, 2.75) is 20.0 Å². The fourth-order valence-electron chi connectivity index (χ4n) is 3.05. The zero-order chi connectivity index (χ0) is 22.1. The van der Waals surface area contributed by atoms with E-state index in [1.165, 1.54) is 15.9 Å². The summed E-state index contributed by atoms with van der Waals surface area (Å²) in [6.45, 7) is 1.20. The van der Waals surface area contributed by atoms with E-state index < -0.39 is 23.9 Å². The van der Waals surface area contributed by atoms with Crippen LogP contribution in [0, 0.1) is 6.92 Å². The number of carbonyl (C=O) groups is 1. The second-order valence-electron chi connectivity index (χ2n) is 6.73. The number of thiazole rings is 1. The van der Waals surface area contributed by atoms with Crippen LogP contribution in [0.15, 0.2) is 57.0 Å². The van der Waals surface area contributed by atoms with Crippen LogP contribution in [0.1, 0.15) is 10.6 Å². The van der Waals surface area contributed by atoms with Gasteiger partial charge in [0.05, 0.1) is 27.5 Å². The topological polar surface area (TPSA) is 122 Å². The van der Waals surface area contributed by atoms with Crippen molar-refractivity contribution in [1.29, 1.82) is 0 Å². The molecule has 4 rings (SSSR count). The van der Waals surface area contributed by atoms with Gasteiger partial charge in [0, 0.05) is 5.02 Å². The van der Waals surface area contributed by atoms with Crippen molar-refractivity contribution in [1.82, 2.24) is 19.1 Å². The summed E-state index contributed by atoms with van der Waals surface area (Å²) in [6, 6.07) is 12.2. The molecule has 0 saturated heterocycles. The van der Waals surface area contributed by atoms with E-state index in [2.05, 4.69) is 15.0 Å². The van der Waals surface area contributed by atoms with Crippen LogP contribution in [0.2, 0.25) is 5.02 Å². The molecule has 2 N–H and O–H groups in total. The number of carboxylic acid groups (broad SMARTS) is 1. The number of nitrogens with zero attached hydrogens (tertiary/aromatic N) is 4. The highest BCUT2D eigenvalue weighted by Gasteiger charge is 2.12. The first-order valence-electron chi connectivity index (χ1n) is 9.12. The Balaban J connectivity index is 1.91. The smallest absolute Gasteiger partial charge is 0.335 e. The normalized spacial score (nSPS) is 11.9. The summed E-state index contributed by atoms with van der Waals surface area (Å²) in [6.07, 6.45) is 0. The minimum absolute atomic E-state index is 0.00664. The minimum atomic E-state index is -1.30.